The molecule has 1 aliphatic heterocycles. The lowest BCUT2D eigenvalue weighted by Gasteiger charge is -2.22. The quantitative estimate of drug-likeness (QED) is 0.223. The second kappa shape index (κ2) is 7.12. The molecule has 0 N–H and O–H groups in total. The van der Waals surface area contributed by atoms with Crippen LogP contribution in [-0.4, -0.2) is 0 Å². The van der Waals surface area contributed by atoms with Gasteiger partial charge in [-0.15, -0.1) is 0 Å². The summed E-state index contributed by atoms with van der Waals surface area (Å²) in [6.45, 7) is 0. The van der Waals surface area contributed by atoms with Crippen LogP contribution in [0.2, 0.25) is 0 Å². The Kier molecular flexibility index (Phi) is 3.81. The van der Waals surface area contributed by atoms with Crippen molar-refractivity contribution in [3.8, 4) is 44.5 Å². The van der Waals surface area contributed by atoms with Crippen molar-refractivity contribution >= 4 is 44.1 Å². The van der Waals surface area contributed by atoms with Gasteiger partial charge in [-0.1, -0.05) is 109 Å². The predicted octanol–water partition coefficient (Wildman–Crippen LogP) is 10.6. The Labute approximate surface area is 219 Å². The third-order valence-corrected chi connectivity index (χ3v) is 9.29. The zero-order valence-electron chi connectivity index (χ0n) is 20.0. The van der Waals surface area contributed by atoms with E-state index >= 15 is 0 Å². The molecule has 9 rings (SSSR count). The first-order valence-corrected chi connectivity index (χ1v) is 13.6. The van der Waals surface area contributed by atoms with Crippen LogP contribution in [0.3, 0.4) is 0 Å². The van der Waals surface area contributed by atoms with Crippen LogP contribution in [0.25, 0.3) is 76.8 Å². The van der Waals surface area contributed by atoms with Gasteiger partial charge in [-0.25, -0.2) is 0 Å². The lowest BCUT2D eigenvalue weighted by molar-refractivity contribution is 1.40. The zero-order chi connectivity index (χ0) is 24.1. The van der Waals surface area contributed by atoms with Gasteiger partial charge in [-0.05, 0) is 95.7 Å². The second-order valence-corrected chi connectivity index (χ2v) is 11.2. The fourth-order valence-corrected chi connectivity index (χ4v) is 7.76. The molecule has 0 saturated heterocycles. The van der Waals surface area contributed by atoms with Crippen molar-refractivity contribution < 1.29 is 0 Å². The fourth-order valence-electron chi connectivity index (χ4n) is 6.63. The third kappa shape index (κ3) is 2.59. The van der Waals surface area contributed by atoms with Gasteiger partial charge >= 0.3 is 0 Å². The van der Waals surface area contributed by atoms with Crippen LogP contribution >= 0.6 is 11.8 Å². The summed E-state index contributed by atoms with van der Waals surface area (Å²) in [5, 5.41) is 7.98. The Hall–Kier alpha value is -4.33. The third-order valence-electron chi connectivity index (χ3n) is 8.16. The van der Waals surface area contributed by atoms with E-state index in [-0.39, 0.29) is 0 Å². The number of benzene rings is 7. The summed E-state index contributed by atoms with van der Waals surface area (Å²) in [6.07, 6.45) is 0. The molecule has 0 radical (unpaired) electrons. The Morgan fingerprint density at radius 2 is 1.05 bits per heavy atom. The van der Waals surface area contributed by atoms with E-state index in [0.29, 0.717) is 0 Å². The summed E-state index contributed by atoms with van der Waals surface area (Å²) in [7, 11) is 0. The Morgan fingerprint density at radius 1 is 0.378 bits per heavy atom. The van der Waals surface area contributed by atoms with Crippen molar-refractivity contribution in [3.63, 3.8) is 0 Å². The van der Waals surface area contributed by atoms with Crippen molar-refractivity contribution in [2.75, 3.05) is 0 Å². The van der Waals surface area contributed by atoms with E-state index in [4.69, 9.17) is 0 Å². The molecule has 0 spiro atoms. The summed E-state index contributed by atoms with van der Waals surface area (Å²) in [5.41, 5.74) is 10.7. The van der Waals surface area contributed by atoms with Crippen molar-refractivity contribution in [2.24, 2.45) is 0 Å². The highest BCUT2D eigenvalue weighted by atomic mass is 32.2. The average Bonchev–Trinajstić information content (AvgIpc) is 3.27. The molecule has 7 aromatic rings. The van der Waals surface area contributed by atoms with E-state index in [2.05, 4.69) is 121 Å². The van der Waals surface area contributed by atoms with E-state index in [0.717, 1.165) is 0 Å². The second-order valence-electron chi connectivity index (χ2n) is 10.1. The first kappa shape index (κ1) is 19.8. The minimum absolute atomic E-state index is 1.29. The Bertz CT molecular complexity index is 2100. The summed E-state index contributed by atoms with van der Waals surface area (Å²) in [5.74, 6) is 0. The van der Waals surface area contributed by atoms with Gasteiger partial charge in [0.15, 0.2) is 0 Å². The van der Waals surface area contributed by atoms with Crippen molar-refractivity contribution in [1.82, 2.24) is 0 Å². The van der Waals surface area contributed by atoms with Crippen LogP contribution in [0.1, 0.15) is 0 Å². The average molecular weight is 485 g/mol. The van der Waals surface area contributed by atoms with Crippen LogP contribution in [0.15, 0.2) is 131 Å². The topological polar surface area (TPSA) is 0 Å². The van der Waals surface area contributed by atoms with Crippen molar-refractivity contribution in [1.29, 1.82) is 0 Å². The summed E-state index contributed by atoms with van der Waals surface area (Å²) < 4.78 is 0. The van der Waals surface area contributed by atoms with E-state index in [1.54, 1.807) is 0 Å². The highest BCUT2D eigenvalue weighted by Gasteiger charge is 2.27. The van der Waals surface area contributed by atoms with Gasteiger partial charge in [0.2, 0.25) is 0 Å². The molecule has 2 aliphatic rings. The van der Waals surface area contributed by atoms with Crippen LogP contribution in [-0.2, 0) is 0 Å². The lowest BCUT2D eigenvalue weighted by Crippen LogP contribution is -1.94. The highest BCUT2D eigenvalue weighted by molar-refractivity contribution is 7.99. The molecular formula is C36H20S. The lowest BCUT2D eigenvalue weighted by atomic mass is 9.87. The zero-order valence-corrected chi connectivity index (χ0v) is 20.8. The number of rotatable bonds is 1. The van der Waals surface area contributed by atoms with E-state index in [1.807, 2.05) is 11.8 Å². The molecular weight excluding hydrogens is 464 g/mol. The molecule has 0 saturated carbocycles. The van der Waals surface area contributed by atoms with E-state index < -0.39 is 0 Å². The van der Waals surface area contributed by atoms with E-state index in [9.17, 15) is 0 Å². The minimum Gasteiger partial charge on any atom is -0.0888 e. The molecule has 0 nitrogen and oxygen atoms in total. The maximum Gasteiger partial charge on any atom is 0.0207 e. The highest BCUT2D eigenvalue weighted by Crippen LogP contribution is 2.55. The van der Waals surface area contributed by atoms with Crippen LogP contribution in [0.5, 0.6) is 0 Å². The number of hydrogen-bond acceptors (Lipinski definition) is 1. The van der Waals surface area contributed by atoms with Gasteiger partial charge in [0.05, 0.1) is 0 Å². The molecule has 1 heterocycles. The largest absolute Gasteiger partial charge is 0.0888 e. The summed E-state index contributed by atoms with van der Waals surface area (Å²) in [4.78, 5) is 2.68. The van der Waals surface area contributed by atoms with Gasteiger partial charge < -0.3 is 0 Å². The van der Waals surface area contributed by atoms with Gasteiger partial charge in [0, 0.05) is 15.2 Å². The molecule has 0 bridgehead atoms. The van der Waals surface area contributed by atoms with Crippen LogP contribution in [0, 0.1) is 0 Å². The fraction of sp³-hybridized carbons (Fsp3) is 0. The summed E-state index contributed by atoms with van der Waals surface area (Å²) >= 11 is 1.89. The normalized spacial score (nSPS) is 12.8. The minimum atomic E-state index is 1.29. The molecule has 0 amide bonds. The molecule has 1 aliphatic carbocycles. The number of hydrogen-bond donors (Lipinski definition) is 0. The molecule has 0 unspecified atom stereocenters. The molecule has 0 atom stereocenters. The van der Waals surface area contributed by atoms with Gasteiger partial charge in [0.25, 0.3) is 0 Å². The Morgan fingerprint density at radius 3 is 1.89 bits per heavy atom. The SMILES string of the molecule is c1ccc2c(-c3ccc4c(c3)-c3cccc5cccc(c35)S4)c3c(cc2c1)-c1cccc2cccc-3c12. The monoisotopic (exact) mass is 484 g/mol. The van der Waals surface area contributed by atoms with Crippen molar-refractivity contribution in [2.45, 2.75) is 9.79 Å². The first-order chi connectivity index (χ1) is 18.3. The molecule has 0 fully saturated rings. The van der Waals surface area contributed by atoms with Crippen molar-refractivity contribution in [3.05, 3.63) is 121 Å². The smallest absolute Gasteiger partial charge is 0.0207 e. The number of fused-ring (bicyclic) bond motifs is 6. The van der Waals surface area contributed by atoms with Gasteiger partial charge in [-0.3, -0.25) is 0 Å². The standard InChI is InChI=1S/C36H20S/c1-2-12-25-23(7-1)19-30-27-14-3-8-21-9-5-15-28(33(21)27)36(30)35(25)24-17-18-31-29(20-24)26-13-4-10-22-11-6-16-32(37-31)34(22)26/h1-20H. The van der Waals surface area contributed by atoms with Crippen LogP contribution in [0.4, 0.5) is 0 Å². The molecule has 1 heteroatoms. The molecule has 170 valence electrons. The molecule has 7 aromatic carbocycles. The molecule has 37 heavy (non-hydrogen) atoms. The van der Waals surface area contributed by atoms with Crippen LogP contribution < -0.4 is 0 Å². The van der Waals surface area contributed by atoms with Gasteiger partial charge in [0.1, 0.15) is 0 Å². The van der Waals surface area contributed by atoms with E-state index in [1.165, 1.54) is 86.6 Å². The molecule has 0 aromatic heterocycles. The predicted molar refractivity (Wildman–Crippen MR) is 158 cm³/mol. The Balaban J connectivity index is 1.40. The first-order valence-electron chi connectivity index (χ1n) is 12.8. The van der Waals surface area contributed by atoms with Gasteiger partial charge in [-0.2, -0.15) is 0 Å². The maximum atomic E-state index is 2.44. The summed E-state index contributed by atoms with van der Waals surface area (Å²) in [6, 6.07) is 45.2. The maximum absolute atomic E-state index is 2.44.